The van der Waals surface area contributed by atoms with Gasteiger partial charge in [0.2, 0.25) is 0 Å². The summed E-state index contributed by atoms with van der Waals surface area (Å²) in [5.41, 5.74) is 1.52. The van der Waals surface area contributed by atoms with Gasteiger partial charge in [0.05, 0.1) is 10.6 Å². The largest absolute Gasteiger partial charge is 0.478 e. The fourth-order valence-corrected chi connectivity index (χ4v) is 1.89. The summed E-state index contributed by atoms with van der Waals surface area (Å²) in [6.45, 7) is 1.85. The van der Waals surface area contributed by atoms with E-state index in [1.54, 1.807) is 36.7 Å². The summed E-state index contributed by atoms with van der Waals surface area (Å²) in [4.78, 5) is 19.2. The van der Waals surface area contributed by atoms with E-state index in [1.165, 1.54) is 6.07 Å². The van der Waals surface area contributed by atoms with E-state index in [4.69, 9.17) is 16.7 Å². The number of aromatic nitrogens is 2. The Morgan fingerprint density at radius 3 is 2.58 bits per heavy atom. The second-order valence-corrected chi connectivity index (χ2v) is 4.29. The van der Waals surface area contributed by atoms with Crippen molar-refractivity contribution in [3.63, 3.8) is 0 Å². The van der Waals surface area contributed by atoms with Gasteiger partial charge in [0.1, 0.15) is 0 Å². The van der Waals surface area contributed by atoms with Crippen molar-refractivity contribution in [1.29, 1.82) is 0 Å². The number of carbonyl (C=O) groups is 1. The van der Waals surface area contributed by atoms with Crippen LogP contribution in [0.5, 0.6) is 0 Å². The Hall–Kier alpha value is -2.20. The van der Waals surface area contributed by atoms with Crippen LogP contribution >= 0.6 is 11.6 Å². The molecule has 0 aliphatic rings. The maximum Gasteiger partial charge on any atom is 0.337 e. The quantitative estimate of drug-likeness (QED) is 0.932. The van der Waals surface area contributed by atoms with Crippen LogP contribution in [0.4, 0.5) is 0 Å². The first-order valence-electron chi connectivity index (χ1n) is 5.57. The molecular formula is C14H11ClN2O2. The van der Waals surface area contributed by atoms with Gasteiger partial charge in [-0.25, -0.2) is 14.8 Å². The fraction of sp³-hybridized carbons (Fsp3) is 0.0714. The summed E-state index contributed by atoms with van der Waals surface area (Å²) in [5, 5.41) is 9.22. The number of benzene rings is 1. The van der Waals surface area contributed by atoms with Gasteiger partial charge >= 0.3 is 5.97 Å². The fourth-order valence-electron chi connectivity index (χ4n) is 1.63. The van der Waals surface area contributed by atoms with Crippen LogP contribution < -0.4 is 0 Å². The van der Waals surface area contributed by atoms with Gasteiger partial charge in [-0.15, -0.1) is 0 Å². The molecule has 2 rings (SSSR count). The van der Waals surface area contributed by atoms with E-state index >= 15 is 0 Å². The van der Waals surface area contributed by atoms with Gasteiger partial charge in [-0.05, 0) is 36.3 Å². The third-order valence-electron chi connectivity index (χ3n) is 2.55. The Morgan fingerprint density at radius 2 is 1.95 bits per heavy atom. The summed E-state index contributed by atoms with van der Waals surface area (Å²) in [6, 6.07) is 6.60. The molecule has 0 spiro atoms. The molecule has 0 saturated heterocycles. The highest BCUT2D eigenvalue weighted by Gasteiger charge is 2.11. The Morgan fingerprint density at radius 1 is 1.26 bits per heavy atom. The average Bonchev–Trinajstić information content (AvgIpc) is 2.41. The Balaban J connectivity index is 2.44. The van der Waals surface area contributed by atoms with Crippen LogP contribution in [0.1, 0.15) is 28.7 Å². The van der Waals surface area contributed by atoms with Gasteiger partial charge in [0, 0.05) is 12.4 Å². The molecule has 0 saturated carbocycles. The van der Waals surface area contributed by atoms with E-state index < -0.39 is 5.97 Å². The Labute approximate surface area is 115 Å². The maximum atomic E-state index is 11.0. The van der Waals surface area contributed by atoms with Crippen molar-refractivity contribution in [3.8, 4) is 0 Å². The van der Waals surface area contributed by atoms with Crippen LogP contribution in [0.25, 0.3) is 11.6 Å². The monoisotopic (exact) mass is 274 g/mol. The number of halogens is 1. The van der Waals surface area contributed by atoms with Crippen molar-refractivity contribution < 1.29 is 9.90 Å². The summed E-state index contributed by atoms with van der Waals surface area (Å²) in [5.74, 6) is -0.465. The number of carboxylic acid groups (broad SMARTS) is 1. The molecule has 4 nitrogen and oxygen atoms in total. The minimum Gasteiger partial charge on any atom is -0.478 e. The molecule has 0 amide bonds. The van der Waals surface area contributed by atoms with Gasteiger partial charge in [-0.1, -0.05) is 23.7 Å². The molecule has 5 heteroatoms. The highest BCUT2D eigenvalue weighted by Crippen LogP contribution is 2.25. The number of carboxylic acids is 1. The second kappa shape index (κ2) is 5.63. The van der Waals surface area contributed by atoms with Gasteiger partial charge in [-0.2, -0.15) is 0 Å². The number of aromatic carboxylic acids is 1. The summed E-state index contributed by atoms with van der Waals surface area (Å²) >= 11 is 6.07. The van der Waals surface area contributed by atoms with Crippen LogP contribution in [0.15, 0.2) is 36.7 Å². The van der Waals surface area contributed by atoms with Gasteiger partial charge in [0.15, 0.2) is 5.82 Å². The SMILES string of the molecule is C/C(=C\c1cccc(C(=O)O)c1Cl)c1ncccn1. The third-order valence-corrected chi connectivity index (χ3v) is 2.97. The molecule has 0 fully saturated rings. The molecule has 0 unspecified atom stereocenters. The normalized spacial score (nSPS) is 11.4. The van der Waals surface area contributed by atoms with E-state index in [0.717, 1.165) is 5.57 Å². The molecule has 19 heavy (non-hydrogen) atoms. The molecule has 0 atom stereocenters. The molecule has 96 valence electrons. The van der Waals surface area contributed by atoms with E-state index in [-0.39, 0.29) is 10.6 Å². The predicted molar refractivity (Wildman–Crippen MR) is 74.0 cm³/mol. The standard InChI is InChI=1S/C14H11ClN2O2/c1-9(13-16-6-3-7-17-13)8-10-4-2-5-11(12(10)15)14(18)19/h2-8H,1H3,(H,18,19)/b9-8+. The number of rotatable bonds is 3. The van der Waals surface area contributed by atoms with Gasteiger partial charge < -0.3 is 5.11 Å². The molecule has 0 radical (unpaired) electrons. The average molecular weight is 275 g/mol. The highest BCUT2D eigenvalue weighted by molar-refractivity contribution is 6.35. The molecule has 2 aromatic rings. The molecular weight excluding hydrogens is 264 g/mol. The lowest BCUT2D eigenvalue weighted by atomic mass is 10.1. The maximum absolute atomic E-state index is 11.0. The van der Waals surface area contributed by atoms with E-state index in [0.29, 0.717) is 11.4 Å². The topological polar surface area (TPSA) is 63.1 Å². The van der Waals surface area contributed by atoms with Gasteiger partial charge in [-0.3, -0.25) is 0 Å². The van der Waals surface area contributed by atoms with Crippen LogP contribution in [-0.4, -0.2) is 21.0 Å². The highest BCUT2D eigenvalue weighted by atomic mass is 35.5. The molecule has 1 N–H and O–H groups in total. The summed E-state index contributed by atoms with van der Waals surface area (Å²) in [6.07, 6.45) is 5.06. The van der Waals surface area contributed by atoms with Crippen LogP contribution in [0.2, 0.25) is 5.02 Å². The third kappa shape index (κ3) is 2.98. The van der Waals surface area contributed by atoms with Crippen molar-refractivity contribution >= 4 is 29.2 Å². The van der Waals surface area contributed by atoms with Gasteiger partial charge in [0.25, 0.3) is 0 Å². The van der Waals surface area contributed by atoms with Crippen LogP contribution in [0, 0.1) is 0 Å². The molecule has 0 bridgehead atoms. The first-order valence-corrected chi connectivity index (χ1v) is 5.95. The number of hydrogen-bond donors (Lipinski definition) is 1. The van der Waals surface area contributed by atoms with Crippen molar-refractivity contribution in [2.45, 2.75) is 6.92 Å². The zero-order valence-corrected chi connectivity index (χ0v) is 10.9. The Kier molecular flexibility index (Phi) is 3.92. The predicted octanol–water partition coefficient (Wildman–Crippen LogP) is 3.39. The van der Waals surface area contributed by atoms with Crippen LogP contribution in [-0.2, 0) is 0 Å². The second-order valence-electron chi connectivity index (χ2n) is 3.91. The first kappa shape index (κ1) is 13.2. The molecule has 1 aromatic carbocycles. The number of allylic oxidation sites excluding steroid dienone is 1. The van der Waals surface area contributed by atoms with Crippen molar-refractivity contribution in [2.24, 2.45) is 0 Å². The molecule has 1 aromatic heterocycles. The minimum absolute atomic E-state index is 0.0807. The van der Waals surface area contributed by atoms with E-state index in [2.05, 4.69) is 9.97 Å². The number of hydrogen-bond acceptors (Lipinski definition) is 3. The zero-order chi connectivity index (χ0) is 13.8. The number of nitrogens with zero attached hydrogens (tertiary/aromatic N) is 2. The summed E-state index contributed by atoms with van der Waals surface area (Å²) < 4.78 is 0. The smallest absolute Gasteiger partial charge is 0.337 e. The van der Waals surface area contributed by atoms with E-state index in [1.807, 2.05) is 6.92 Å². The minimum atomic E-state index is -1.05. The van der Waals surface area contributed by atoms with Crippen molar-refractivity contribution in [2.75, 3.05) is 0 Å². The van der Waals surface area contributed by atoms with Crippen molar-refractivity contribution in [3.05, 3.63) is 58.6 Å². The molecule has 1 heterocycles. The lowest BCUT2D eigenvalue weighted by molar-refractivity contribution is 0.0697. The zero-order valence-electron chi connectivity index (χ0n) is 10.2. The summed E-state index contributed by atoms with van der Waals surface area (Å²) in [7, 11) is 0. The molecule has 0 aliphatic heterocycles. The van der Waals surface area contributed by atoms with Crippen LogP contribution in [0.3, 0.4) is 0 Å². The lowest BCUT2D eigenvalue weighted by Gasteiger charge is -2.04. The molecule has 0 aliphatic carbocycles. The first-order chi connectivity index (χ1) is 9.09. The Bertz CT molecular complexity index is 639. The van der Waals surface area contributed by atoms with E-state index in [9.17, 15) is 4.79 Å². The lowest BCUT2D eigenvalue weighted by Crippen LogP contribution is -1.98. The van der Waals surface area contributed by atoms with Crippen molar-refractivity contribution in [1.82, 2.24) is 9.97 Å².